The molecular weight excluding hydrogens is 370 g/mol. The van der Waals surface area contributed by atoms with Gasteiger partial charge in [0.1, 0.15) is 5.82 Å². The molecule has 10 heteroatoms. The van der Waals surface area contributed by atoms with E-state index in [0.717, 1.165) is 16.1 Å². The molecule has 0 saturated heterocycles. The summed E-state index contributed by atoms with van der Waals surface area (Å²) in [6, 6.07) is 12.5. The fourth-order valence-corrected chi connectivity index (χ4v) is 3.09. The van der Waals surface area contributed by atoms with Gasteiger partial charge in [0.25, 0.3) is 5.91 Å². The van der Waals surface area contributed by atoms with Crippen LogP contribution in [0.15, 0.2) is 42.5 Å². The van der Waals surface area contributed by atoms with E-state index in [1.54, 1.807) is 36.4 Å². The summed E-state index contributed by atoms with van der Waals surface area (Å²) in [6.07, 6.45) is 0.368. The Balaban J connectivity index is 2.04. The van der Waals surface area contributed by atoms with Crippen LogP contribution in [0, 0.1) is 0 Å². The van der Waals surface area contributed by atoms with E-state index in [9.17, 15) is 18.4 Å². The molecule has 0 aliphatic rings. The SMILES string of the molecule is NC(=O)c1c(N(N)C=O)[nH]c2cc(-c3cccc(NCS(=O)[O-])c3)ccc12. The molecule has 2 aromatic carbocycles. The van der Waals surface area contributed by atoms with E-state index in [1.807, 2.05) is 6.07 Å². The first-order valence-electron chi connectivity index (χ1n) is 7.75. The lowest BCUT2D eigenvalue weighted by Crippen LogP contribution is -2.31. The molecule has 1 heterocycles. The minimum atomic E-state index is -2.20. The minimum absolute atomic E-state index is 0.109. The number of primary amides is 1. The van der Waals surface area contributed by atoms with Crippen molar-refractivity contribution in [3.63, 3.8) is 0 Å². The molecule has 0 saturated carbocycles. The zero-order chi connectivity index (χ0) is 19.6. The van der Waals surface area contributed by atoms with Gasteiger partial charge in [0.2, 0.25) is 6.41 Å². The molecule has 6 N–H and O–H groups in total. The monoisotopic (exact) mass is 386 g/mol. The number of amides is 2. The van der Waals surface area contributed by atoms with E-state index in [0.29, 0.717) is 23.0 Å². The molecule has 0 aliphatic carbocycles. The molecule has 3 rings (SSSR count). The molecule has 0 spiro atoms. The molecule has 0 radical (unpaired) electrons. The van der Waals surface area contributed by atoms with Crippen molar-refractivity contribution in [2.24, 2.45) is 11.6 Å². The molecule has 1 unspecified atom stereocenters. The van der Waals surface area contributed by atoms with E-state index in [-0.39, 0.29) is 17.3 Å². The van der Waals surface area contributed by atoms with Crippen molar-refractivity contribution >= 4 is 45.8 Å². The van der Waals surface area contributed by atoms with Gasteiger partial charge >= 0.3 is 0 Å². The summed E-state index contributed by atoms with van der Waals surface area (Å²) in [5.74, 6) is 4.80. The Bertz CT molecular complexity index is 1050. The number of aromatic amines is 1. The summed E-state index contributed by atoms with van der Waals surface area (Å²) >= 11 is -2.20. The molecule has 0 bridgehead atoms. The van der Waals surface area contributed by atoms with Crippen molar-refractivity contribution in [1.29, 1.82) is 0 Å². The normalized spacial score (nSPS) is 11.9. The summed E-state index contributed by atoms with van der Waals surface area (Å²) < 4.78 is 21.4. The van der Waals surface area contributed by atoms with E-state index in [4.69, 9.17) is 11.6 Å². The largest absolute Gasteiger partial charge is 0.771 e. The van der Waals surface area contributed by atoms with E-state index in [2.05, 4.69) is 10.3 Å². The molecule has 140 valence electrons. The number of H-pyrrole nitrogens is 1. The number of nitrogens with two attached hydrogens (primary N) is 2. The second kappa shape index (κ2) is 7.58. The summed E-state index contributed by atoms with van der Waals surface area (Å²) in [5.41, 5.74) is 8.42. The predicted molar refractivity (Wildman–Crippen MR) is 102 cm³/mol. The third-order valence-corrected chi connectivity index (χ3v) is 4.37. The first-order valence-corrected chi connectivity index (χ1v) is 9.00. The molecule has 1 aromatic heterocycles. The van der Waals surface area contributed by atoms with E-state index in [1.165, 1.54) is 0 Å². The van der Waals surface area contributed by atoms with Gasteiger partial charge in [-0.2, -0.15) is 0 Å². The molecule has 0 fully saturated rings. The third-order valence-electron chi connectivity index (χ3n) is 3.99. The summed E-state index contributed by atoms with van der Waals surface area (Å²) in [7, 11) is 0. The van der Waals surface area contributed by atoms with Crippen LogP contribution < -0.4 is 21.9 Å². The van der Waals surface area contributed by atoms with Crippen LogP contribution in [0.5, 0.6) is 0 Å². The molecular formula is C17H16N5O4S-. The van der Waals surface area contributed by atoms with E-state index < -0.39 is 17.0 Å². The maximum atomic E-state index is 11.8. The molecule has 27 heavy (non-hydrogen) atoms. The lowest BCUT2D eigenvalue weighted by atomic mass is 10.0. The number of nitrogens with one attached hydrogen (secondary N) is 2. The van der Waals surface area contributed by atoms with Crippen LogP contribution in [0.25, 0.3) is 22.0 Å². The maximum Gasteiger partial charge on any atom is 0.253 e. The smallest absolute Gasteiger partial charge is 0.253 e. The predicted octanol–water partition coefficient (Wildman–Crippen LogP) is 1.02. The quantitative estimate of drug-likeness (QED) is 0.156. The molecule has 1 atom stereocenters. The van der Waals surface area contributed by atoms with Gasteiger partial charge in [0.15, 0.2) is 0 Å². The van der Waals surface area contributed by atoms with Crippen LogP contribution in [-0.2, 0) is 15.9 Å². The molecule has 0 aliphatic heterocycles. The van der Waals surface area contributed by atoms with Crippen molar-refractivity contribution in [3.8, 4) is 11.1 Å². The Morgan fingerprint density at radius 3 is 2.67 bits per heavy atom. The number of hydrazine groups is 1. The Kier molecular flexibility index (Phi) is 5.21. The van der Waals surface area contributed by atoms with Crippen molar-refractivity contribution in [3.05, 3.63) is 48.0 Å². The number of fused-ring (bicyclic) bond motifs is 1. The maximum absolute atomic E-state index is 11.8. The van der Waals surface area contributed by atoms with Crippen molar-refractivity contribution in [2.45, 2.75) is 0 Å². The Morgan fingerprint density at radius 1 is 1.26 bits per heavy atom. The number of anilines is 2. The first-order chi connectivity index (χ1) is 12.9. The van der Waals surface area contributed by atoms with Gasteiger partial charge in [0, 0.05) is 16.6 Å². The van der Waals surface area contributed by atoms with E-state index >= 15 is 0 Å². The summed E-state index contributed by atoms with van der Waals surface area (Å²) in [5, 5.41) is 4.09. The number of hydrogen-bond donors (Lipinski definition) is 4. The van der Waals surface area contributed by atoms with Crippen molar-refractivity contribution in [2.75, 3.05) is 16.2 Å². The van der Waals surface area contributed by atoms with Crippen molar-refractivity contribution in [1.82, 2.24) is 4.98 Å². The van der Waals surface area contributed by atoms with Crippen LogP contribution in [0.3, 0.4) is 0 Å². The van der Waals surface area contributed by atoms with Crippen LogP contribution in [0.2, 0.25) is 0 Å². The highest BCUT2D eigenvalue weighted by Crippen LogP contribution is 2.31. The third kappa shape index (κ3) is 3.82. The summed E-state index contributed by atoms with van der Waals surface area (Å²) in [4.78, 5) is 25.7. The number of aromatic nitrogens is 1. The lowest BCUT2D eigenvalue weighted by molar-refractivity contribution is -0.107. The fraction of sp³-hybridized carbons (Fsp3) is 0.0588. The highest BCUT2D eigenvalue weighted by molar-refractivity contribution is 7.79. The zero-order valence-corrected chi connectivity index (χ0v) is 14.8. The van der Waals surface area contributed by atoms with Crippen LogP contribution in [0.1, 0.15) is 10.4 Å². The zero-order valence-electron chi connectivity index (χ0n) is 14.0. The van der Waals surface area contributed by atoms with Gasteiger partial charge in [-0.3, -0.25) is 13.8 Å². The van der Waals surface area contributed by atoms with Crippen molar-refractivity contribution < 1.29 is 18.4 Å². The second-order valence-electron chi connectivity index (χ2n) is 5.69. The Labute approximate surface area is 156 Å². The average Bonchev–Trinajstić information content (AvgIpc) is 3.04. The average molecular weight is 386 g/mol. The van der Waals surface area contributed by atoms with Gasteiger partial charge in [0.05, 0.1) is 11.4 Å². The fourth-order valence-electron chi connectivity index (χ4n) is 2.81. The molecule has 3 aromatic rings. The molecule has 2 amide bonds. The number of hydrogen-bond acceptors (Lipinski definition) is 6. The standard InChI is InChI=1S/C17H17N5O4S/c18-16(24)15-13-5-4-11(7-14(13)21-17(15)22(19)9-23)10-2-1-3-12(6-10)20-8-27(25)26/h1-7,9,20-21H,8,19H2,(H2,18,24)(H,25,26)/p-1. The van der Waals surface area contributed by atoms with Gasteiger partial charge in [-0.1, -0.05) is 24.3 Å². The van der Waals surface area contributed by atoms with Crippen LogP contribution in [0.4, 0.5) is 11.5 Å². The number of carbonyl (C=O) groups is 2. The lowest BCUT2D eigenvalue weighted by Gasteiger charge is -2.10. The number of benzene rings is 2. The highest BCUT2D eigenvalue weighted by Gasteiger charge is 2.19. The van der Waals surface area contributed by atoms with Gasteiger partial charge in [-0.15, -0.1) is 0 Å². The summed E-state index contributed by atoms with van der Waals surface area (Å²) in [6.45, 7) is 0. The number of nitrogens with zero attached hydrogens (tertiary/aromatic N) is 1. The Hall–Kier alpha value is -3.21. The molecule has 9 nitrogen and oxygen atoms in total. The van der Waals surface area contributed by atoms with Gasteiger partial charge < -0.3 is 20.6 Å². The van der Waals surface area contributed by atoms with Crippen LogP contribution in [-0.4, -0.2) is 31.9 Å². The van der Waals surface area contributed by atoms with Gasteiger partial charge in [-0.05, 0) is 40.4 Å². The topological polar surface area (TPSA) is 157 Å². The number of rotatable bonds is 7. The highest BCUT2D eigenvalue weighted by atomic mass is 32.2. The van der Waals surface area contributed by atoms with Crippen LogP contribution >= 0.6 is 0 Å². The minimum Gasteiger partial charge on any atom is -0.771 e. The van der Waals surface area contributed by atoms with Gasteiger partial charge in [-0.25, -0.2) is 10.9 Å². The number of carbonyl (C=O) groups excluding carboxylic acids is 2. The Morgan fingerprint density at radius 2 is 2.00 bits per heavy atom. The first kappa shape index (κ1) is 18.6. The second-order valence-corrected chi connectivity index (χ2v) is 6.59.